The molecule has 0 saturated carbocycles. The number of rotatable bonds is 7. The van der Waals surface area contributed by atoms with Gasteiger partial charge in [0, 0.05) is 18.1 Å². The minimum Gasteiger partial charge on any atom is -0.360 e. The van der Waals surface area contributed by atoms with E-state index in [0.29, 0.717) is 29.3 Å². The molecule has 2 rings (SSSR count). The quantitative estimate of drug-likeness (QED) is 0.357. The topological polar surface area (TPSA) is 55.6 Å². The second-order valence-corrected chi connectivity index (χ2v) is 5.71. The molecule has 4 nitrogen and oxygen atoms in total. The third-order valence-corrected chi connectivity index (χ3v) is 3.98. The monoisotopic (exact) mass is 344 g/mol. The van der Waals surface area contributed by atoms with Crippen LogP contribution >= 0.6 is 11.6 Å². The minimum absolute atomic E-state index is 0.293. The van der Waals surface area contributed by atoms with Crippen LogP contribution in [0.25, 0.3) is 0 Å². The van der Waals surface area contributed by atoms with Crippen molar-refractivity contribution in [2.75, 3.05) is 11.6 Å². The minimum atomic E-state index is -1.24. The van der Waals surface area contributed by atoms with Crippen LogP contribution in [-0.2, 0) is 15.1 Å². The van der Waals surface area contributed by atoms with Crippen LogP contribution in [-0.4, -0.2) is 12.5 Å². The second kappa shape index (κ2) is 8.11. The van der Waals surface area contributed by atoms with Crippen molar-refractivity contribution >= 4 is 23.2 Å². The van der Waals surface area contributed by atoms with Gasteiger partial charge in [-0.15, -0.1) is 6.58 Å². The summed E-state index contributed by atoms with van der Waals surface area (Å²) in [4.78, 5) is 13.2. The first-order valence-corrected chi connectivity index (χ1v) is 8.08. The third kappa shape index (κ3) is 3.67. The Bertz CT molecular complexity index is 688. The van der Waals surface area contributed by atoms with Gasteiger partial charge in [-0.05, 0) is 36.8 Å². The number of para-hydroxylation sites is 1. The highest BCUT2D eigenvalue weighted by molar-refractivity contribution is 6.30. The number of carbonyl (C=O) groups is 1. The number of anilines is 1. The van der Waals surface area contributed by atoms with Crippen LogP contribution in [0.4, 0.5) is 5.69 Å². The molecule has 1 unspecified atom stereocenters. The lowest BCUT2D eigenvalue weighted by molar-refractivity contribution is -0.145. The smallest absolute Gasteiger partial charge is 0.278 e. The number of amides is 1. The van der Waals surface area contributed by atoms with Gasteiger partial charge in [0.1, 0.15) is 0 Å². The van der Waals surface area contributed by atoms with Gasteiger partial charge in [-0.3, -0.25) is 4.79 Å². The zero-order valence-electron chi connectivity index (χ0n) is 13.6. The number of nitrogens with zero attached hydrogens (tertiary/aromatic N) is 1. The van der Waals surface area contributed by atoms with Crippen molar-refractivity contribution in [3.05, 3.63) is 77.8 Å². The zero-order chi connectivity index (χ0) is 17.6. The molecule has 2 N–H and O–H groups in total. The first-order chi connectivity index (χ1) is 11.5. The van der Waals surface area contributed by atoms with E-state index in [1.807, 2.05) is 25.1 Å². The summed E-state index contributed by atoms with van der Waals surface area (Å²) in [6.07, 6.45) is 1.95. The summed E-state index contributed by atoms with van der Waals surface area (Å²) in [7, 11) is 0. The Hall–Kier alpha value is -2.14. The largest absolute Gasteiger partial charge is 0.360 e. The van der Waals surface area contributed by atoms with Gasteiger partial charge in [0.2, 0.25) is 0 Å². The van der Waals surface area contributed by atoms with E-state index in [9.17, 15) is 4.79 Å². The molecule has 0 bridgehead atoms. The van der Waals surface area contributed by atoms with Gasteiger partial charge in [-0.2, -0.15) is 0 Å². The van der Waals surface area contributed by atoms with E-state index in [-0.39, 0.29) is 5.91 Å². The first kappa shape index (κ1) is 18.2. The van der Waals surface area contributed by atoms with Gasteiger partial charge in [0.15, 0.2) is 5.60 Å². The predicted molar refractivity (Wildman–Crippen MR) is 97.7 cm³/mol. The van der Waals surface area contributed by atoms with Gasteiger partial charge in [0.05, 0.1) is 5.69 Å². The van der Waals surface area contributed by atoms with E-state index < -0.39 is 5.60 Å². The van der Waals surface area contributed by atoms with Crippen molar-refractivity contribution in [3.8, 4) is 0 Å². The summed E-state index contributed by atoms with van der Waals surface area (Å²) in [6.45, 7) is 5.96. The molecule has 0 heterocycles. The van der Waals surface area contributed by atoms with Crippen molar-refractivity contribution in [3.63, 3.8) is 0 Å². The van der Waals surface area contributed by atoms with Crippen molar-refractivity contribution in [1.29, 1.82) is 0 Å². The maximum atomic E-state index is 13.2. The fourth-order valence-electron chi connectivity index (χ4n) is 2.60. The van der Waals surface area contributed by atoms with Crippen LogP contribution in [0, 0.1) is 0 Å². The molecule has 2 aromatic rings. The molecule has 0 aliphatic rings. The van der Waals surface area contributed by atoms with Crippen LogP contribution in [0.2, 0.25) is 5.02 Å². The predicted octanol–water partition coefficient (Wildman–Crippen LogP) is 4.05. The highest BCUT2D eigenvalue weighted by Crippen LogP contribution is 2.34. The van der Waals surface area contributed by atoms with Gasteiger partial charge >= 0.3 is 0 Å². The molecule has 2 aromatic carbocycles. The molecule has 5 heteroatoms. The number of nitrogens with two attached hydrogens (primary N) is 1. The number of hydrazine groups is 1. The van der Waals surface area contributed by atoms with Crippen molar-refractivity contribution in [1.82, 2.24) is 0 Å². The summed E-state index contributed by atoms with van der Waals surface area (Å²) < 4.78 is 5.91. The first-order valence-electron chi connectivity index (χ1n) is 7.70. The highest BCUT2D eigenvalue weighted by atomic mass is 35.5. The van der Waals surface area contributed by atoms with E-state index in [2.05, 4.69) is 6.58 Å². The maximum Gasteiger partial charge on any atom is 0.278 e. The van der Waals surface area contributed by atoms with E-state index in [1.54, 1.807) is 42.5 Å². The Kier molecular flexibility index (Phi) is 6.15. The summed E-state index contributed by atoms with van der Waals surface area (Å²) in [5.74, 6) is 5.73. The lowest BCUT2D eigenvalue weighted by Crippen LogP contribution is -2.52. The molecule has 0 saturated heterocycles. The van der Waals surface area contributed by atoms with Gasteiger partial charge < -0.3 is 4.74 Å². The average Bonchev–Trinajstić information content (AvgIpc) is 2.61. The second-order valence-electron chi connectivity index (χ2n) is 5.27. The average molecular weight is 345 g/mol. The standard InChI is InChI=1S/C19H21ClN2O2/c1-3-14-19(24-4-2,15-10-12-16(20)13-11-15)18(23)22(21)17-8-6-5-7-9-17/h3,5-13H,1,4,14,21H2,2H3. The Balaban J connectivity index is 2.50. The Morgan fingerprint density at radius 2 is 1.88 bits per heavy atom. The molecular weight excluding hydrogens is 324 g/mol. The van der Waals surface area contributed by atoms with Crippen molar-refractivity contribution in [2.24, 2.45) is 5.84 Å². The SMILES string of the molecule is C=CCC(OCC)(C(=O)N(N)c1ccccc1)c1ccc(Cl)cc1. The number of benzene rings is 2. The molecule has 0 spiro atoms. The highest BCUT2D eigenvalue weighted by Gasteiger charge is 2.42. The summed E-state index contributed by atoms with van der Waals surface area (Å²) in [6, 6.07) is 16.0. The number of halogens is 1. The lowest BCUT2D eigenvalue weighted by atomic mass is 9.88. The molecule has 1 atom stereocenters. The lowest BCUT2D eigenvalue weighted by Gasteiger charge is -2.35. The van der Waals surface area contributed by atoms with E-state index in [4.69, 9.17) is 22.2 Å². The van der Waals surface area contributed by atoms with E-state index >= 15 is 0 Å². The van der Waals surface area contributed by atoms with Crippen molar-refractivity contribution in [2.45, 2.75) is 18.9 Å². The molecule has 0 aliphatic heterocycles. The van der Waals surface area contributed by atoms with Crippen LogP contribution in [0.1, 0.15) is 18.9 Å². The van der Waals surface area contributed by atoms with Gasteiger partial charge in [-0.1, -0.05) is 48.0 Å². The summed E-state index contributed by atoms with van der Waals surface area (Å²) in [5, 5.41) is 1.70. The molecule has 1 amide bonds. The van der Waals surface area contributed by atoms with E-state index in [1.165, 1.54) is 0 Å². The number of hydrogen-bond acceptors (Lipinski definition) is 3. The Morgan fingerprint density at radius 1 is 1.25 bits per heavy atom. The summed E-state index contributed by atoms with van der Waals surface area (Å²) >= 11 is 5.97. The zero-order valence-corrected chi connectivity index (χ0v) is 14.4. The maximum absolute atomic E-state index is 13.2. The third-order valence-electron chi connectivity index (χ3n) is 3.73. The molecule has 0 aliphatic carbocycles. The number of carbonyl (C=O) groups excluding carboxylic acids is 1. The molecule has 24 heavy (non-hydrogen) atoms. The van der Waals surface area contributed by atoms with Crippen LogP contribution in [0.3, 0.4) is 0 Å². The van der Waals surface area contributed by atoms with Crippen molar-refractivity contribution < 1.29 is 9.53 Å². The Morgan fingerprint density at radius 3 is 2.42 bits per heavy atom. The molecule has 0 fully saturated rings. The van der Waals surface area contributed by atoms with Gasteiger partial charge in [-0.25, -0.2) is 10.9 Å². The van der Waals surface area contributed by atoms with E-state index in [0.717, 1.165) is 5.01 Å². The number of hydrogen-bond donors (Lipinski definition) is 1. The molecule has 126 valence electrons. The fourth-order valence-corrected chi connectivity index (χ4v) is 2.73. The van der Waals surface area contributed by atoms with Gasteiger partial charge in [0.25, 0.3) is 5.91 Å². The number of ether oxygens (including phenoxy) is 1. The van der Waals surface area contributed by atoms with Crippen LogP contribution < -0.4 is 10.9 Å². The normalized spacial score (nSPS) is 13.1. The van der Waals surface area contributed by atoms with Crippen LogP contribution in [0.15, 0.2) is 67.3 Å². The molecule has 0 aromatic heterocycles. The Labute approximate surface area is 147 Å². The van der Waals surface area contributed by atoms with Crippen LogP contribution in [0.5, 0.6) is 0 Å². The molecular formula is C19H21ClN2O2. The fraction of sp³-hybridized carbons (Fsp3) is 0.211. The molecule has 0 radical (unpaired) electrons. The summed E-state index contributed by atoms with van der Waals surface area (Å²) in [5.41, 5.74) is 0.0284.